The highest BCUT2D eigenvalue weighted by Crippen LogP contribution is 2.33. The van der Waals surface area contributed by atoms with Crippen LogP contribution in [0.1, 0.15) is 30.1 Å². The summed E-state index contributed by atoms with van der Waals surface area (Å²) in [6, 6.07) is 21.0. The molecule has 1 heterocycles. The monoisotopic (exact) mass is 479 g/mol. The van der Waals surface area contributed by atoms with E-state index in [9.17, 15) is 0 Å². The van der Waals surface area contributed by atoms with Gasteiger partial charge in [0.05, 0.1) is 6.10 Å². The molecule has 27 heavy (non-hydrogen) atoms. The SMILES string of the molecule is CN=C(NCC1CCCOC1c1ccccc1)N(C)Cc1ccccc1.I. The summed E-state index contributed by atoms with van der Waals surface area (Å²) in [5.74, 6) is 1.37. The first-order chi connectivity index (χ1) is 12.8. The van der Waals surface area contributed by atoms with Gasteiger partial charge in [0.15, 0.2) is 5.96 Å². The first-order valence-electron chi connectivity index (χ1n) is 9.40. The Hall–Kier alpha value is -1.60. The summed E-state index contributed by atoms with van der Waals surface area (Å²) in [4.78, 5) is 6.62. The summed E-state index contributed by atoms with van der Waals surface area (Å²) >= 11 is 0. The number of benzene rings is 2. The molecule has 0 aromatic heterocycles. The topological polar surface area (TPSA) is 36.9 Å². The fourth-order valence-electron chi connectivity index (χ4n) is 3.60. The Morgan fingerprint density at radius 1 is 1.11 bits per heavy atom. The number of aliphatic imine (C=N–C) groups is 1. The molecule has 1 aliphatic rings. The van der Waals surface area contributed by atoms with Crippen molar-refractivity contribution < 1.29 is 4.74 Å². The van der Waals surface area contributed by atoms with E-state index in [1.807, 2.05) is 13.1 Å². The maximum absolute atomic E-state index is 6.11. The van der Waals surface area contributed by atoms with Crippen LogP contribution >= 0.6 is 24.0 Å². The number of ether oxygens (including phenoxy) is 1. The van der Waals surface area contributed by atoms with Gasteiger partial charge < -0.3 is 15.0 Å². The quantitative estimate of drug-likeness (QED) is 0.391. The molecule has 0 spiro atoms. The molecule has 2 unspecified atom stereocenters. The standard InChI is InChI=1S/C22H29N3O.HI/c1-23-22(25(2)17-18-10-5-3-6-11-18)24-16-20-14-9-15-26-21(20)19-12-7-4-8-13-19;/h3-8,10-13,20-21H,9,14-17H2,1-2H3,(H,23,24);1H. The summed E-state index contributed by atoms with van der Waals surface area (Å²) in [5, 5.41) is 3.55. The minimum absolute atomic E-state index is 0. The van der Waals surface area contributed by atoms with Gasteiger partial charge in [0.25, 0.3) is 0 Å². The normalized spacial score (nSPS) is 19.9. The van der Waals surface area contributed by atoms with E-state index in [1.54, 1.807) is 0 Å². The zero-order valence-electron chi connectivity index (χ0n) is 16.2. The third-order valence-corrected chi connectivity index (χ3v) is 4.93. The number of hydrogen-bond acceptors (Lipinski definition) is 2. The van der Waals surface area contributed by atoms with Gasteiger partial charge in [0.2, 0.25) is 0 Å². The average molecular weight is 479 g/mol. The van der Waals surface area contributed by atoms with Crippen LogP contribution in [0.5, 0.6) is 0 Å². The molecule has 4 nitrogen and oxygen atoms in total. The zero-order valence-corrected chi connectivity index (χ0v) is 18.5. The Balaban J connectivity index is 0.00000261. The van der Waals surface area contributed by atoms with E-state index in [-0.39, 0.29) is 30.1 Å². The van der Waals surface area contributed by atoms with Crippen molar-refractivity contribution in [2.75, 3.05) is 27.2 Å². The van der Waals surface area contributed by atoms with Crippen LogP contribution in [0.25, 0.3) is 0 Å². The van der Waals surface area contributed by atoms with Gasteiger partial charge in [-0.15, -0.1) is 24.0 Å². The van der Waals surface area contributed by atoms with Crippen molar-refractivity contribution in [2.45, 2.75) is 25.5 Å². The Morgan fingerprint density at radius 2 is 1.78 bits per heavy atom. The molecule has 0 amide bonds. The molecule has 3 rings (SSSR count). The predicted octanol–water partition coefficient (Wildman–Crippen LogP) is 4.48. The largest absolute Gasteiger partial charge is 0.373 e. The lowest BCUT2D eigenvalue weighted by Crippen LogP contribution is -2.42. The molecule has 146 valence electrons. The molecule has 1 N–H and O–H groups in total. The van der Waals surface area contributed by atoms with Crippen LogP contribution in [0.15, 0.2) is 65.7 Å². The van der Waals surface area contributed by atoms with E-state index in [0.29, 0.717) is 5.92 Å². The lowest BCUT2D eigenvalue weighted by atomic mass is 9.89. The van der Waals surface area contributed by atoms with Crippen molar-refractivity contribution in [3.63, 3.8) is 0 Å². The van der Waals surface area contributed by atoms with Crippen LogP contribution in [-0.4, -0.2) is 38.1 Å². The lowest BCUT2D eigenvalue weighted by Gasteiger charge is -2.33. The number of nitrogens with one attached hydrogen (secondary N) is 1. The van der Waals surface area contributed by atoms with Crippen molar-refractivity contribution in [1.29, 1.82) is 0 Å². The third-order valence-electron chi connectivity index (χ3n) is 4.93. The molecule has 0 bridgehead atoms. The van der Waals surface area contributed by atoms with E-state index in [2.05, 4.69) is 76.9 Å². The number of hydrogen-bond donors (Lipinski definition) is 1. The molecule has 1 aliphatic heterocycles. The van der Waals surface area contributed by atoms with E-state index in [4.69, 9.17) is 4.74 Å². The molecule has 1 saturated heterocycles. The highest BCUT2D eigenvalue weighted by Gasteiger charge is 2.27. The second-order valence-corrected chi connectivity index (χ2v) is 6.87. The van der Waals surface area contributed by atoms with Crippen molar-refractivity contribution >= 4 is 29.9 Å². The number of halogens is 1. The summed E-state index contributed by atoms with van der Waals surface area (Å²) in [7, 11) is 3.92. The molecule has 0 aliphatic carbocycles. The van der Waals surface area contributed by atoms with E-state index in [0.717, 1.165) is 32.1 Å². The lowest BCUT2D eigenvalue weighted by molar-refractivity contribution is -0.0266. The molecule has 0 saturated carbocycles. The maximum atomic E-state index is 6.11. The van der Waals surface area contributed by atoms with Gasteiger partial charge in [-0.25, -0.2) is 0 Å². The Bertz CT molecular complexity index is 693. The molecular weight excluding hydrogens is 449 g/mol. The smallest absolute Gasteiger partial charge is 0.193 e. The third kappa shape index (κ3) is 6.21. The van der Waals surface area contributed by atoms with Crippen LogP contribution in [0, 0.1) is 5.92 Å². The highest BCUT2D eigenvalue weighted by molar-refractivity contribution is 14.0. The Labute approximate surface area is 180 Å². The van der Waals surface area contributed by atoms with Gasteiger partial charge in [0.1, 0.15) is 0 Å². The van der Waals surface area contributed by atoms with Gasteiger partial charge in [-0.05, 0) is 24.0 Å². The van der Waals surface area contributed by atoms with Gasteiger partial charge >= 0.3 is 0 Å². The number of rotatable bonds is 5. The number of nitrogens with zero attached hydrogens (tertiary/aromatic N) is 2. The fraction of sp³-hybridized carbons (Fsp3) is 0.409. The minimum atomic E-state index is 0. The number of guanidine groups is 1. The molecule has 5 heteroatoms. The van der Waals surface area contributed by atoms with E-state index in [1.165, 1.54) is 17.5 Å². The maximum Gasteiger partial charge on any atom is 0.193 e. The summed E-state index contributed by atoms with van der Waals surface area (Å²) in [6.45, 7) is 2.55. The van der Waals surface area contributed by atoms with Crippen molar-refractivity contribution in [1.82, 2.24) is 10.2 Å². The van der Waals surface area contributed by atoms with Crippen LogP contribution in [0.3, 0.4) is 0 Å². The van der Waals surface area contributed by atoms with Crippen LogP contribution in [0.2, 0.25) is 0 Å². The highest BCUT2D eigenvalue weighted by atomic mass is 127. The van der Waals surface area contributed by atoms with E-state index >= 15 is 0 Å². The van der Waals surface area contributed by atoms with Crippen molar-refractivity contribution in [3.8, 4) is 0 Å². The first kappa shape index (κ1) is 21.7. The van der Waals surface area contributed by atoms with Gasteiger partial charge in [-0.3, -0.25) is 4.99 Å². The summed E-state index contributed by atoms with van der Waals surface area (Å²) < 4.78 is 6.11. The first-order valence-corrected chi connectivity index (χ1v) is 9.40. The fourth-order valence-corrected chi connectivity index (χ4v) is 3.60. The second-order valence-electron chi connectivity index (χ2n) is 6.87. The van der Waals surface area contributed by atoms with Crippen molar-refractivity contribution in [3.05, 3.63) is 71.8 Å². The van der Waals surface area contributed by atoms with E-state index < -0.39 is 0 Å². The zero-order chi connectivity index (χ0) is 18.2. The van der Waals surface area contributed by atoms with Crippen LogP contribution < -0.4 is 5.32 Å². The Morgan fingerprint density at radius 3 is 2.44 bits per heavy atom. The molecule has 2 atom stereocenters. The average Bonchev–Trinajstić information content (AvgIpc) is 2.70. The Kier molecular flexibility index (Phi) is 9.07. The van der Waals surface area contributed by atoms with Crippen molar-refractivity contribution in [2.24, 2.45) is 10.9 Å². The summed E-state index contributed by atoms with van der Waals surface area (Å²) in [6.07, 6.45) is 2.45. The second kappa shape index (κ2) is 11.3. The molecule has 1 fully saturated rings. The van der Waals surface area contributed by atoms with Crippen LogP contribution in [0.4, 0.5) is 0 Å². The molecular formula is C22H30IN3O. The molecule has 2 aromatic carbocycles. The predicted molar refractivity (Wildman–Crippen MR) is 123 cm³/mol. The summed E-state index contributed by atoms with van der Waals surface area (Å²) in [5.41, 5.74) is 2.55. The molecule has 2 aromatic rings. The van der Waals surface area contributed by atoms with Gasteiger partial charge in [-0.2, -0.15) is 0 Å². The van der Waals surface area contributed by atoms with Gasteiger partial charge in [0, 0.05) is 39.7 Å². The molecule has 0 radical (unpaired) electrons. The van der Waals surface area contributed by atoms with Crippen LogP contribution in [-0.2, 0) is 11.3 Å². The van der Waals surface area contributed by atoms with Gasteiger partial charge in [-0.1, -0.05) is 60.7 Å². The minimum Gasteiger partial charge on any atom is -0.373 e.